The van der Waals surface area contributed by atoms with Crippen LogP contribution in [0, 0.1) is 0 Å². The maximum atomic E-state index is 12.7. The molecule has 2 amide bonds. The molecule has 0 heterocycles. The summed E-state index contributed by atoms with van der Waals surface area (Å²) in [4.78, 5) is 24.6. The van der Waals surface area contributed by atoms with Crippen LogP contribution < -0.4 is 30.4 Å². The van der Waals surface area contributed by atoms with Gasteiger partial charge in [-0.1, -0.05) is 42.5 Å². The summed E-state index contributed by atoms with van der Waals surface area (Å²) in [7, 11) is 1.56. The van der Waals surface area contributed by atoms with Crippen molar-refractivity contribution in [3.63, 3.8) is 0 Å². The van der Waals surface area contributed by atoms with Crippen LogP contribution in [0.3, 0.4) is 0 Å². The molecule has 3 N–H and O–H groups in total. The molecule has 3 aromatic rings. The molecule has 8 nitrogen and oxygen atoms in total. The van der Waals surface area contributed by atoms with Gasteiger partial charge < -0.3 is 14.2 Å². The SMILES string of the molecule is COc1ccc(OCC(=O)NNC(=S)NC(=O)c2ccccc2OCCc2ccccc2)cc1. The molecule has 3 aromatic carbocycles. The minimum atomic E-state index is -0.475. The van der Waals surface area contributed by atoms with Crippen LogP contribution in [0.5, 0.6) is 17.2 Å². The number of hydrogen-bond acceptors (Lipinski definition) is 6. The highest BCUT2D eigenvalue weighted by atomic mass is 32.1. The fourth-order valence-corrected chi connectivity index (χ4v) is 3.03. The predicted molar refractivity (Wildman–Crippen MR) is 132 cm³/mol. The molecule has 0 radical (unpaired) electrons. The maximum absolute atomic E-state index is 12.7. The Bertz CT molecular complexity index is 1110. The molecule has 0 fully saturated rings. The van der Waals surface area contributed by atoms with Gasteiger partial charge in [0.05, 0.1) is 19.3 Å². The first kappa shape index (κ1) is 24.5. The van der Waals surface area contributed by atoms with Crippen molar-refractivity contribution in [1.29, 1.82) is 0 Å². The standard InChI is InChI=1S/C25H25N3O5S/c1-31-19-11-13-20(14-12-19)33-17-23(29)27-28-25(34)26-24(30)21-9-5-6-10-22(21)32-16-15-18-7-3-2-4-8-18/h2-14H,15-17H2,1H3,(H,27,29)(H2,26,28,30,34). The summed E-state index contributed by atoms with van der Waals surface area (Å²) < 4.78 is 16.3. The van der Waals surface area contributed by atoms with E-state index >= 15 is 0 Å². The van der Waals surface area contributed by atoms with Gasteiger partial charge in [0.1, 0.15) is 17.2 Å². The van der Waals surface area contributed by atoms with E-state index in [0.29, 0.717) is 35.8 Å². The van der Waals surface area contributed by atoms with E-state index in [2.05, 4.69) is 16.2 Å². The lowest BCUT2D eigenvalue weighted by Gasteiger charge is -2.14. The van der Waals surface area contributed by atoms with Crippen LogP contribution in [-0.2, 0) is 11.2 Å². The van der Waals surface area contributed by atoms with Crippen LogP contribution in [0.25, 0.3) is 0 Å². The van der Waals surface area contributed by atoms with Crippen molar-refractivity contribution >= 4 is 29.1 Å². The summed E-state index contributed by atoms with van der Waals surface area (Å²) >= 11 is 5.10. The second-order valence-corrected chi connectivity index (χ2v) is 7.41. The van der Waals surface area contributed by atoms with Gasteiger partial charge in [-0.25, -0.2) is 0 Å². The zero-order valence-electron chi connectivity index (χ0n) is 18.6. The molecular weight excluding hydrogens is 454 g/mol. The lowest BCUT2D eigenvalue weighted by atomic mass is 10.1. The molecule has 0 aliphatic heterocycles. The molecule has 0 atom stereocenters. The summed E-state index contributed by atoms with van der Waals surface area (Å²) in [6.45, 7) is 0.176. The summed E-state index contributed by atoms with van der Waals surface area (Å²) in [6, 6.07) is 23.6. The molecule has 3 rings (SSSR count). The van der Waals surface area contributed by atoms with Crippen LogP contribution in [0.15, 0.2) is 78.9 Å². The monoisotopic (exact) mass is 479 g/mol. The van der Waals surface area contributed by atoms with Gasteiger partial charge >= 0.3 is 0 Å². The lowest BCUT2D eigenvalue weighted by Crippen LogP contribution is -2.49. The Hall–Kier alpha value is -4.11. The van der Waals surface area contributed by atoms with E-state index in [9.17, 15) is 9.59 Å². The van der Waals surface area contributed by atoms with Crippen molar-refractivity contribution < 1.29 is 23.8 Å². The van der Waals surface area contributed by atoms with Gasteiger partial charge in [-0.05, 0) is 54.2 Å². The van der Waals surface area contributed by atoms with Gasteiger partial charge in [0, 0.05) is 6.42 Å². The maximum Gasteiger partial charge on any atom is 0.276 e. The fraction of sp³-hybridized carbons (Fsp3) is 0.160. The third-order valence-electron chi connectivity index (χ3n) is 4.59. The lowest BCUT2D eigenvalue weighted by molar-refractivity contribution is -0.123. The molecule has 0 bridgehead atoms. The molecule has 0 spiro atoms. The molecule has 0 aromatic heterocycles. The minimum absolute atomic E-state index is 0.0677. The average Bonchev–Trinajstić information content (AvgIpc) is 2.87. The van der Waals surface area contributed by atoms with Crippen molar-refractivity contribution in [2.45, 2.75) is 6.42 Å². The van der Waals surface area contributed by atoms with Crippen LogP contribution in [0.2, 0.25) is 0 Å². The highest BCUT2D eigenvalue weighted by Gasteiger charge is 2.14. The number of hydrazine groups is 1. The summed E-state index contributed by atoms with van der Waals surface area (Å²) in [5.41, 5.74) is 6.32. The topological polar surface area (TPSA) is 97.9 Å². The van der Waals surface area contributed by atoms with Crippen molar-refractivity contribution in [1.82, 2.24) is 16.2 Å². The van der Waals surface area contributed by atoms with E-state index in [4.69, 9.17) is 26.4 Å². The largest absolute Gasteiger partial charge is 0.497 e. The number of carbonyl (C=O) groups is 2. The van der Waals surface area contributed by atoms with Crippen molar-refractivity contribution in [2.75, 3.05) is 20.3 Å². The highest BCUT2D eigenvalue weighted by Crippen LogP contribution is 2.18. The molecular formula is C25H25N3O5S. The van der Waals surface area contributed by atoms with Crippen molar-refractivity contribution in [2.24, 2.45) is 0 Å². The summed E-state index contributed by atoms with van der Waals surface area (Å²) in [6.07, 6.45) is 0.710. The number of thiocarbonyl (C=S) groups is 1. The first-order valence-electron chi connectivity index (χ1n) is 10.5. The van der Waals surface area contributed by atoms with Crippen molar-refractivity contribution in [3.05, 3.63) is 90.0 Å². The summed E-state index contributed by atoms with van der Waals surface area (Å²) in [5, 5.41) is 2.45. The van der Waals surface area contributed by atoms with Gasteiger partial charge in [0.15, 0.2) is 11.7 Å². The van der Waals surface area contributed by atoms with Gasteiger partial charge in [0.2, 0.25) is 0 Å². The first-order valence-corrected chi connectivity index (χ1v) is 10.9. The Morgan fingerprint density at radius 2 is 1.50 bits per heavy atom. The zero-order valence-corrected chi connectivity index (χ0v) is 19.4. The van der Waals surface area contributed by atoms with Gasteiger partial charge in [0.25, 0.3) is 11.8 Å². The number of methoxy groups -OCH3 is 1. The van der Waals surface area contributed by atoms with Crippen LogP contribution in [-0.4, -0.2) is 37.3 Å². The van der Waals surface area contributed by atoms with Gasteiger partial charge in [-0.15, -0.1) is 0 Å². The number of ether oxygens (including phenoxy) is 3. The van der Waals surface area contributed by atoms with E-state index in [1.165, 1.54) is 0 Å². The van der Waals surface area contributed by atoms with Gasteiger partial charge in [-0.2, -0.15) is 0 Å². The van der Waals surface area contributed by atoms with Crippen LogP contribution in [0.4, 0.5) is 0 Å². The Morgan fingerprint density at radius 1 is 0.824 bits per heavy atom. The number of nitrogens with one attached hydrogen (secondary N) is 3. The van der Waals surface area contributed by atoms with Crippen molar-refractivity contribution in [3.8, 4) is 17.2 Å². The second-order valence-electron chi connectivity index (χ2n) is 7.00. The predicted octanol–water partition coefficient (Wildman–Crippen LogP) is 3.03. The Kier molecular flexibility index (Phi) is 9.24. The third kappa shape index (κ3) is 7.79. The van der Waals surface area contributed by atoms with E-state index in [0.717, 1.165) is 5.56 Å². The molecule has 0 saturated carbocycles. The molecule has 0 aliphatic carbocycles. The normalized spacial score (nSPS) is 10.0. The minimum Gasteiger partial charge on any atom is -0.497 e. The highest BCUT2D eigenvalue weighted by molar-refractivity contribution is 7.80. The second kappa shape index (κ2) is 12.8. The number of carbonyl (C=O) groups excluding carboxylic acids is 2. The quantitative estimate of drug-likeness (QED) is 0.321. The Balaban J connectivity index is 1.42. The number of amides is 2. The zero-order chi connectivity index (χ0) is 24.2. The Morgan fingerprint density at radius 3 is 2.24 bits per heavy atom. The van der Waals surface area contributed by atoms with E-state index in [1.54, 1.807) is 55.6 Å². The van der Waals surface area contributed by atoms with Crippen LogP contribution >= 0.6 is 12.2 Å². The van der Waals surface area contributed by atoms with E-state index < -0.39 is 11.8 Å². The average molecular weight is 480 g/mol. The van der Waals surface area contributed by atoms with Gasteiger partial charge in [-0.3, -0.25) is 25.8 Å². The number of benzene rings is 3. The smallest absolute Gasteiger partial charge is 0.276 e. The number of hydrogen-bond donors (Lipinski definition) is 3. The van der Waals surface area contributed by atoms with E-state index in [-0.39, 0.29) is 11.7 Å². The molecule has 0 aliphatic rings. The third-order valence-corrected chi connectivity index (χ3v) is 4.80. The number of para-hydroxylation sites is 1. The molecule has 176 valence electrons. The first-order chi connectivity index (χ1) is 16.5. The molecule has 0 saturated heterocycles. The number of rotatable bonds is 9. The fourth-order valence-electron chi connectivity index (χ4n) is 2.89. The van der Waals surface area contributed by atoms with E-state index in [1.807, 2.05) is 30.3 Å². The molecule has 34 heavy (non-hydrogen) atoms. The molecule has 9 heteroatoms. The Labute approximate surface area is 203 Å². The van der Waals surface area contributed by atoms with Crippen LogP contribution in [0.1, 0.15) is 15.9 Å². The molecule has 0 unspecified atom stereocenters. The summed E-state index contributed by atoms with van der Waals surface area (Å²) in [5.74, 6) is 0.697.